The van der Waals surface area contributed by atoms with E-state index in [2.05, 4.69) is 86.4 Å². The zero-order chi connectivity index (χ0) is 26.7. The summed E-state index contributed by atoms with van der Waals surface area (Å²) in [6.07, 6.45) is 1.79. The van der Waals surface area contributed by atoms with Crippen molar-refractivity contribution in [2.24, 2.45) is 0 Å². The van der Waals surface area contributed by atoms with Crippen molar-refractivity contribution in [3.05, 3.63) is 114 Å². The van der Waals surface area contributed by atoms with Crippen molar-refractivity contribution >= 4 is 43.5 Å². The lowest BCUT2D eigenvalue weighted by Crippen LogP contribution is -2.10. The van der Waals surface area contributed by atoms with Crippen LogP contribution in [0.3, 0.4) is 0 Å². The number of nitrogens with zero attached hydrogens (tertiary/aromatic N) is 2. The molecule has 0 N–H and O–H groups in total. The maximum absolute atomic E-state index is 10.3. The average molecular weight is 503 g/mol. The zero-order valence-corrected chi connectivity index (χ0v) is 22.1. The second kappa shape index (κ2) is 8.55. The van der Waals surface area contributed by atoms with Gasteiger partial charge in [-0.3, -0.25) is 4.98 Å². The second-order valence-corrected chi connectivity index (χ2v) is 11.1. The number of hydrogen-bond donors (Lipinski definition) is 0. The Labute approximate surface area is 227 Å². The van der Waals surface area contributed by atoms with Crippen molar-refractivity contribution in [2.75, 3.05) is 0 Å². The molecule has 0 atom stereocenters. The highest BCUT2D eigenvalue weighted by Gasteiger charge is 2.22. The number of nitriles is 1. The highest BCUT2D eigenvalue weighted by Crippen LogP contribution is 2.44. The van der Waals surface area contributed by atoms with Gasteiger partial charge < -0.3 is 4.42 Å². The number of hydrogen-bond acceptors (Lipinski definition) is 3. The number of benzene rings is 5. The Balaban J connectivity index is 1.62. The summed E-state index contributed by atoms with van der Waals surface area (Å²) in [4.78, 5) is 4.57. The first-order chi connectivity index (χ1) is 18.9. The number of rotatable bonds is 2. The molecule has 2 heterocycles. The van der Waals surface area contributed by atoms with E-state index in [0.717, 1.165) is 55.1 Å². The lowest BCUT2D eigenvalue weighted by atomic mass is 9.83. The van der Waals surface area contributed by atoms with Crippen LogP contribution in [0, 0.1) is 11.3 Å². The Morgan fingerprint density at radius 2 is 1.44 bits per heavy atom. The van der Waals surface area contributed by atoms with Crippen molar-refractivity contribution in [1.29, 1.82) is 5.26 Å². The summed E-state index contributed by atoms with van der Waals surface area (Å²) < 4.78 is 6.71. The second-order valence-electron chi connectivity index (χ2n) is 11.1. The molecule has 0 amide bonds. The molecule has 7 rings (SSSR count). The van der Waals surface area contributed by atoms with Gasteiger partial charge in [0.25, 0.3) is 0 Å². The summed E-state index contributed by atoms with van der Waals surface area (Å²) in [6.45, 7) is 6.72. The molecule has 3 nitrogen and oxygen atoms in total. The fraction of sp³-hybridized carbons (Fsp3) is 0.111. The first kappa shape index (κ1) is 23.2. The number of pyridine rings is 1. The van der Waals surface area contributed by atoms with Gasteiger partial charge in [0.1, 0.15) is 11.2 Å². The largest absolute Gasteiger partial charge is 0.455 e. The minimum Gasteiger partial charge on any atom is -0.455 e. The van der Waals surface area contributed by atoms with E-state index in [1.165, 1.54) is 16.3 Å². The third-order valence-electron chi connectivity index (χ3n) is 7.72. The fourth-order valence-electron chi connectivity index (χ4n) is 5.72. The van der Waals surface area contributed by atoms with E-state index in [4.69, 9.17) is 4.42 Å². The molecule has 0 saturated heterocycles. The Morgan fingerprint density at radius 1 is 0.667 bits per heavy atom. The quantitative estimate of drug-likeness (QED) is 0.221. The monoisotopic (exact) mass is 502 g/mol. The molecule has 39 heavy (non-hydrogen) atoms. The van der Waals surface area contributed by atoms with Gasteiger partial charge in [0.05, 0.1) is 17.3 Å². The fourth-order valence-corrected chi connectivity index (χ4v) is 5.72. The SMILES string of the molecule is CC(C)(C)c1ccc2c(-c3c(C#N)ccc4c3oc3c(-c5ccccn5)cccc34)cc3ccccc3c2c1. The van der Waals surface area contributed by atoms with Crippen molar-refractivity contribution < 1.29 is 4.42 Å². The third-order valence-corrected chi connectivity index (χ3v) is 7.72. The van der Waals surface area contributed by atoms with Gasteiger partial charge >= 0.3 is 0 Å². The predicted octanol–water partition coefficient (Wildman–Crippen LogP) is 9.79. The highest BCUT2D eigenvalue weighted by atomic mass is 16.3. The molecular weight excluding hydrogens is 476 g/mol. The first-order valence-corrected chi connectivity index (χ1v) is 13.2. The molecule has 0 aliphatic heterocycles. The van der Waals surface area contributed by atoms with E-state index >= 15 is 0 Å². The summed E-state index contributed by atoms with van der Waals surface area (Å²) in [7, 11) is 0. The molecule has 0 saturated carbocycles. The van der Waals surface area contributed by atoms with Gasteiger partial charge in [-0.15, -0.1) is 0 Å². The molecule has 0 radical (unpaired) electrons. The van der Waals surface area contributed by atoms with Crippen molar-refractivity contribution in [2.45, 2.75) is 26.2 Å². The molecule has 2 aromatic heterocycles. The van der Waals surface area contributed by atoms with Crippen molar-refractivity contribution in [1.82, 2.24) is 4.98 Å². The number of furan rings is 1. The standard InChI is InChI=1S/C36H26N2O/c1-36(2,3)24-15-17-26-30(20-24)25-10-5-4-9-22(25)19-31(26)33-23(21-37)14-16-28-27-11-8-12-29(34(27)39-35(28)33)32-13-6-7-18-38-32/h4-20H,1-3H3. The van der Waals surface area contributed by atoms with E-state index < -0.39 is 0 Å². The molecule has 3 heteroatoms. The van der Waals surface area contributed by atoms with E-state index in [1.807, 2.05) is 42.5 Å². The Bertz CT molecular complexity index is 2110. The summed E-state index contributed by atoms with van der Waals surface area (Å²) in [5.41, 5.74) is 7.02. The van der Waals surface area contributed by atoms with Crippen LogP contribution >= 0.6 is 0 Å². The molecule has 0 fully saturated rings. The van der Waals surface area contributed by atoms with Gasteiger partial charge in [-0.25, -0.2) is 0 Å². The first-order valence-electron chi connectivity index (χ1n) is 13.2. The lowest BCUT2D eigenvalue weighted by molar-refractivity contribution is 0.591. The van der Waals surface area contributed by atoms with Gasteiger partial charge in [0, 0.05) is 28.1 Å². The Morgan fingerprint density at radius 3 is 2.23 bits per heavy atom. The number of fused-ring (bicyclic) bond motifs is 6. The Kier molecular flexibility index (Phi) is 5.08. The molecular formula is C36H26N2O. The molecule has 0 aliphatic rings. The van der Waals surface area contributed by atoms with Gasteiger partial charge in [-0.05, 0) is 80.6 Å². The third kappa shape index (κ3) is 3.60. The van der Waals surface area contributed by atoms with Gasteiger partial charge in [-0.1, -0.05) is 75.4 Å². The number of para-hydroxylation sites is 1. The maximum Gasteiger partial charge on any atom is 0.144 e. The Hall–Kier alpha value is -4.94. The molecule has 0 unspecified atom stereocenters. The minimum absolute atomic E-state index is 0.0176. The topological polar surface area (TPSA) is 49.8 Å². The number of aromatic nitrogens is 1. The van der Waals surface area contributed by atoms with Crippen molar-refractivity contribution in [3.8, 4) is 28.5 Å². The van der Waals surface area contributed by atoms with Gasteiger partial charge in [0.15, 0.2) is 0 Å². The van der Waals surface area contributed by atoms with Gasteiger partial charge in [0.2, 0.25) is 0 Å². The molecule has 7 aromatic rings. The van der Waals surface area contributed by atoms with E-state index in [1.54, 1.807) is 6.20 Å². The van der Waals surface area contributed by atoms with Crippen LogP contribution in [0.1, 0.15) is 31.9 Å². The summed E-state index contributed by atoms with van der Waals surface area (Å²) in [5.74, 6) is 0. The zero-order valence-electron chi connectivity index (χ0n) is 22.1. The highest BCUT2D eigenvalue weighted by molar-refractivity contribution is 6.19. The lowest BCUT2D eigenvalue weighted by Gasteiger charge is -2.21. The van der Waals surface area contributed by atoms with E-state index in [-0.39, 0.29) is 5.41 Å². The molecule has 0 bridgehead atoms. The molecule has 5 aromatic carbocycles. The summed E-state index contributed by atoms with van der Waals surface area (Å²) in [6, 6.07) is 35.8. The van der Waals surface area contributed by atoms with Crippen molar-refractivity contribution in [3.63, 3.8) is 0 Å². The van der Waals surface area contributed by atoms with Crippen LogP contribution in [0.15, 0.2) is 108 Å². The van der Waals surface area contributed by atoms with Crippen LogP contribution in [-0.2, 0) is 5.41 Å². The van der Waals surface area contributed by atoms with E-state index in [9.17, 15) is 5.26 Å². The van der Waals surface area contributed by atoms with Crippen LogP contribution in [0.25, 0.3) is 65.9 Å². The average Bonchev–Trinajstić information content (AvgIpc) is 3.35. The minimum atomic E-state index is 0.0176. The smallest absolute Gasteiger partial charge is 0.144 e. The van der Waals surface area contributed by atoms with Crippen LogP contribution in [0.2, 0.25) is 0 Å². The van der Waals surface area contributed by atoms with Crippen LogP contribution < -0.4 is 0 Å². The van der Waals surface area contributed by atoms with Gasteiger partial charge in [-0.2, -0.15) is 5.26 Å². The van der Waals surface area contributed by atoms with E-state index in [0.29, 0.717) is 5.56 Å². The predicted molar refractivity (Wildman–Crippen MR) is 161 cm³/mol. The summed E-state index contributed by atoms with van der Waals surface area (Å²) in [5, 5.41) is 16.9. The maximum atomic E-state index is 10.3. The molecule has 0 aliphatic carbocycles. The van der Waals surface area contributed by atoms with Crippen LogP contribution in [-0.4, -0.2) is 4.98 Å². The normalized spacial score (nSPS) is 11.9. The van der Waals surface area contributed by atoms with Crippen LogP contribution in [0.4, 0.5) is 0 Å². The molecule has 0 spiro atoms. The van der Waals surface area contributed by atoms with Crippen LogP contribution in [0.5, 0.6) is 0 Å². The summed E-state index contributed by atoms with van der Waals surface area (Å²) >= 11 is 0. The molecule has 186 valence electrons.